The van der Waals surface area contributed by atoms with Crippen LogP contribution in [0.3, 0.4) is 0 Å². The summed E-state index contributed by atoms with van der Waals surface area (Å²) >= 11 is 0. The Morgan fingerprint density at radius 1 is 0.451 bits per heavy atom. The molecule has 14 aromatic rings. The average Bonchev–Trinajstić information content (AvgIpc) is 4.13. The molecule has 10 aromatic carbocycles. The second kappa shape index (κ2) is 14.9. The third kappa shape index (κ3) is 5.76. The predicted molar refractivity (Wildman–Crippen MR) is 292 cm³/mol. The van der Waals surface area contributed by atoms with Crippen molar-refractivity contribution in [1.29, 1.82) is 0 Å². The molecule has 334 valence electrons. The summed E-state index contributed by atoms with van der Waals surface area (Å²) in [6.45, 7) is 4.68. The summed E-state index contributed by atoms with van der Waals surface area (Å²) in [7, 11) is 0. The minimum Gasteiger partial charge on any atom is -0.456 e. The van der Waals surface area contributed by atoms with Gasteiger partial charge < -0.3 is 8.98 Å². The van der Waals surface area contributed by atoms with E-state index in [1.54, 1.807) is 0 Å². The Labute approximate surface area is 408 Å². The van der Waals surface area contributed by atoms with E-state index in [0.717, 1.165) is 72.3 Å². The maximum atomic E-state index is 6.30. The summed E-state index contributed by atoms with van der Waals surface area (Å²) in [6.07, 6.45) is 0. The first-order valence-corrected chi connectivity index (χ1v) is 24.4. The van der Waals surface area contributed by atoms with Crippen LogP contribution in [0.2, 0.25) is 0 Å². The van der Waals surface area contributed by atoms with Crippen molar-refractivity contribution < 1.29 is 8.98 Å². The highest BCUT2D eigenvalue weighted by atomic mass is 16.3. The normalized spacial score (nSPS) is 13.0. The number of benzene rings is 10. The molecule has 0 atom stereocenters. The highest BCUT2D eigenvalue weighted by Crippen LogP contribution is 2.50. The first-order chi connectivity index (χ1) is 35.0. The summed E-state index contributed by atoms with van der Waals surface area (Å²) < 4.78 is 13.4. The molecule has 0 spiro atoms. The van der Waals surface area contributed by atoms with Gasteiger partial charge in [-0.2, -0.15) is 4.57 Å². The fourth-order valence-corrected chi connectivity index (χ4v) is 11.9. The fourth-order valence-electron chi connectivity index (χ4n) is 11.9. The Morgan fingerprint density at radius 3 is 1.82 bits per heavy atom. The van der Waals surface area contributed by atoms with Crippen molar-refractivity contribution in [3.8, 4) is 39.4 Å². The third-order valence-electron chi connectivity index (χ3n) is 15.2. The zero-order valence-corrected chi connectivity index (χ0v) is 39.1. The number of nitrogens with one attached hydrogen (secondary N) is 1. The second-order valence-corrected chi connectivity index (χ2v) is 19.4. The van der Waals surface area contributed by atoms with Gasteiger partial charge in [-0.1, -0.05) is 152 Å². The van der Waals surface area contributed by atoms with Gasteiger partial charge in [-0.25, -0.2) is 5.32 Å². The van der Waals surface area contributed by atoms with Gasteiger partial charge in [0.25, 0.3) is 0 Å². The van der Waals surface area contributed by atoms with E-state index in [9.17, 15) is 0 Å². The molecule has 15 rings (SSSR count). The van der Waals surface area contributed by atoms with Crippen LogP contribution in [0.25, 0.3) is 116 Å². The van der Waals surface area contributed by atoms with Crippen molar-refractivity contribution in [1.82, 2.24) is 14.1 Å². The molecule has 0 radical (unpaired) electrons. The number of furan rings is 1. The van der Waals surface area contributed by atoms with E-state index in [1.165, 1.54) is 60.4 Å². The minimum atomic E-state index is -0.179. The minimum absolute atomic E-state index is 0.179. The molecule has 71 heavy (non-hydrogen) atoms. The number of hydrogen-bond acceptors (Lipinski definition) is 3. The quantitative estimate of drug-likeness (QED) is 0.169. The van der Waals surface area contributed by atoms with Gasteiger partial charge in [0.1, 0.15) is 28.1 Å². The topological polar surface area (TPSA) is 51.8 Å². The summed E-state index contributed by atoms with van der Waals surface area (Å²) in [4.78, 5) is 5.82. The van der Waals surface area contributed by atoms with Crippen LogP contribution in [0.5, 0.6) is 0 Å². The van der Waals surface area contributed by atoms with Gasteiger partial charge >= 0.3 is 5.95 Å². The van der Waals surface area contributed by atoms with E-state index in [4.69, 9.17) is 9.40 Å². The van der Waals surface area contributed by atoms with Gasteiger partial charge in [0.15, 0.2) is 0 Å². The van der Waals surface area contributed by atoms with Crippen LogP contribution < -0.4 is 9.88 Å². The number of rotatable bonds is 6. The Hall–Kier alpha value is -9.26. The molecule has 0 aliphatic heterocycles. The predicted octanol–water partition coefficient (Wildman–Crippen LogP) is 16.3. The molecule has 1 N–H and O–H groups in total. The summed E-state index contributed by atoms with van der Waals surface area (Å²) in [5, 5.41) is 11.9. The molecule has 0 unspecified atom stereocenters. The summed E-state index contributed by atoms with van der Waals surface area (Å²) in [6, 6.07) is 80.9. The Morgan fingerprint density at radius 2 is 1.04 bits per heavy atom. The average molecular weight is 911 g/mol. The molecule has 0 bridgehead atoms. The lowest BCUT2D eigenvalue weighted by Gasteiger charge is -2.21. The van der Waals surface area contributed by atoms with Crippen LogP contribution in [0.15, 0.2) is 229 Å². The Balaban J connectivity index is 0.963. The smallest absolute Gasteiger partial charge is 0.404 e. The van der Waals surface area contributed by atoms with E-state index in [-0.39, 0.29) is 5.41 Å². The second-order valence-electron chi connectivity index (χ2n) is 19.4. The number of para-hydroxylation sites is 5. The molecule has 6 nitrogen and oxygen atoms in total. The van der Waals surface area contributed by atoms with Crippen molar-refractivity contribution in [2.24, 2.45) is 0 Å². The standard InChI is InChI=1S/C65H43N5O/c1-65(2)52-24-11-6-22-47(52)62-53(65)25-16-29-59(62)70-56-28-14-9-23-48(56)63(67-64(70)66-42-33-36-61-51(39-42)46-21-10-15-30-60(46)71-61)69-55-27-13-8-20-45(55)50-38-41(32-35-58(50)69)40-31-34-57-49(37-40)44-19-7-12-26-54(44)68(57)43-17-4-3-5-18-43/h3-39H,1-2H3/p+1. The van der Waals surface area contributed by atoms with E-state index >= 15 is 0 Å². The molecule has 6 heteroatoms. The highest BCUT2D eigenvalue weighted by molar-refractivity contribution is 6.13. The van der Waals surface area contributed by atoms with Crippen LogP contribution >= 0.6 is 0 Å². The molecule has 1 aliphatic rings. The van der Waals surface area contributed by atoms with E-state index in [2.05, 4.69) is 245 Å². The third-order valence-corrected chi connectivity index (χ3v) is 15.2. The van der Waals surface area contributed by atoms with Crippen molar-refractivity contribution in [2.75, 3.05) is 5.32 Å². The molecular formula is C65H44N5O+. The molecule has 1 aliphatic carbocycles. The molecule has 0 fully saturated rings. The molecule has 4 aromatic heterocycles. The lowest BCUT2D eigenvalue weighted by atomic mass is 9.82. The van der Waals surface area contributed by atoms with Crippen molar-refractivity contribution in [3.63, 3.8) is 0 Å². The molecule has 0 saturated heterocycles. The number of aromatic nitrogens is 4. The van der Waals surface area contributed by atoms with Crippen molar-refractivity contribution >= 4 is 88.1 Å². The number of fused-ring (bicyclic) bond motifs is 13. The van der Waals surface area contributed by atoms with Crippen molar-refractivity contribution in [2.45, 2.75) is 19.3 Å². The molecule has 0 amide bonds. The molecule has 0 saturated carbocycles. The van der Waals surface area contributed by atoms with Crippen LogP contribution in [-0.4, -0.2) is 14.1 Å². The summed E-state index contributed by atoms with van der Waals surface area (Å²) in [5.41, 5.74) is 17.7. The van der Waals surface area contributed by atoms with Crippen LogP contribution in [0, 0.1) is 0 Å². The van der Waals surface area contributed by atoms with Gasteiger partial charge in [-0.3, -0.25) is 4.57 Å². The number of anilines is 2. The molecular weight excluding hydrogens is 867 g/mol. The monoisotopic (exact) mass is 910 g/mol. The first kappa shape index (κ1) is 39.7. The zero-order valence-electron chi connectivity index (χ0n) is 39.1. The SMILES string of the molecule is CC1(C)c2ccccc2-c2c(-[n+]3c(Nc4ccc5oc6ccccc6c5c4)nc(-n4c5ccccc5c5cc(-c6ccc7c(c6)c6ccccc6n7-c6ccccc6)ccc54)c4ccccc43)cccc21. The van der Waals surface area contributed by atoms with E-state index < -0.39 is 0 Å². The van der Waals surface area contributed by atoms with Gasteiger partial charge in [0.05, 0.1) is 27.5 Å². The van der Waals surface area contributed by atoms with E-state index in [0.29, 0.717) is 5.95 Å². The van der Waals surface area contributed by atoms with Gasteiger partial charge in [0, 0.05) is 49.0 Å². The van der Waals surface area contributed by atoms with Crippen LogP contribution in [0.1, 0.15) is 25.0 Å². The lowest BCUT2D eigenvalue weighted by Crippen LogP contribution is -2.37. The zero-order chi connectivity index (χ0) is 47.0. The van der Waals surface area contributed by atoms with Gasteiger partial charge in [0.2, 0.25) is 5.82 Å². The van der Waals surface area contributed by atoms with Gasteiger partial charge in [-0.15, -0.1) is 0 Å². The Bertz CT molecular complexity index is 4530. The maximum absolute atomic E-state index is 6.30. The number of nitrogens with zero attached hydrogens (tertiary/aromatic N) is 4. The first-order valence-electron chi connectivity index (χ1n) is 24.4. The van der Waals surface area contributed by atoms with Crippen LogP contribution in [0.4, 0.5) is 11.6 Å². The van der Waals surface area contributed by atoms with Crippen molar-refractivity contribution in [3.05, 3.63) is 236 Å². The molecule has 4 heterocycles. The van der Waals surface area contributed by atoms with Crippen LogP contribution in [-0.2, 0) is 5.41 Å². The highest BCUT2D eigenvalue weighted by Gasteiger charge is 2.39. The maximum Gasteiger partial charge on any atom is 0.404 e. The lowest BCUT2D eigenvalue weighted by molar-refractivity contribution is -0.553. The van der Waals surface area contributed by atoms with E-state index in [1.807, 2.05) is 12.1 Å². The summed E-state index contributed by atoms with van der Waals surface area (Å²) in [5.74, 6) is 1.54. The number of hydrogen-bond donors (Lipinski definition) is 1. The Kier molecular flexibility index (Phi) is 8.32. The van der Waals surface area contributed by atoms with Gasteiger partial charge in [-0.05, 0) is 119 Å². The fraction of sp³-hybridized carbons (Fsp3) is 0.0462. The largest absolute Gasteiger partial charge is 0.456 e.